The van der Waals surface area contributed by atoms with Gasteiger partial charge in [0.05, 0.1) is 33.0 Å². The van der Waals surface area contributed by atoms with Crippen molar-refractivity contribution in [3.63, 3.8) is 0 Å². The molecular formula is C18H26N6O2. The molecule has 1 atom stereocenters. The number of methoxy groups -OCH3 is 1. The number of guanidine groups is 1. The predicted molar refractivity (Wildman–Crippen MR) is 99.1 cm³/mol. The van der Waals surface area contributed by atoms with Crippen molar-refractivity contribution in [1.29, 1.82) is 0 Å². The standard InChI is InChI=1S/C18H26N6O2/c1-4-19-18(21-10-14-5-6-17(25-3)20-9-14)24-7-8-26-16(13-24)15-11-22-23(2)12-15/h5-6,9,11-12,16H,4,7-8,10,13H2,1-3H3,(H,19,21). The minimum atomic E-state index is 0.00367. The number of hydrogen-bond donors (Lipinski definition) is 1. The average molecular weight is 358 g/mol. The molecular weight excluding hydrogens is 332 g/mol. The molecule has 2 aromatic heterocycles. The fraction of sp³-hybridized carbons (Fsp3) is 0.500. The molecule has 0 aliphatic carbocycles. The summed E-state index contributed by atoms with van der Waals surface area (Å²) in [6.07, 6.45) is 5.66. The molecule has 140 valence electrons. The summed E-state index contributed by atoms with van der Waals surface area (Å²) in [7, 11) is 3.53. The van der Waals surface area contributed by atoms with E-state index in [-0.39, 0.29) is 6.10 Å². The quantitative estimate of drug-likeness (QED) is 0.642. The number of nitrogens with zero attached hydrogens (tertiary/aromatic N) is 5. The summed E-state index contributed by atoms with van der Waals surface area (Å²) < 4.78 is 12.8. The Bertz CT molecular complexity index is 728. The van der Waals surface area contributed by atoms with E-state index in [9.17, 15) is 0 Å². The van der Waals surface area contributed by atoms with Crippen LogP contribution in [0.5, 0.6) is 5.88 Å². The first-order valence-corrected chi connectivity index (χ1v) is 8.82. The summed E-state index contributed by atoms with van der Waals surface area (Å²) in [4.78, 5) is 11.2. The molecule has 0 spiro atoms. The van der Waals surface area contributed by atoms with Crippen molar-refractivity contribution in [3.8, 4) is 5.88 Å². The monoisotopic (exact) mass is 358 g/mol. The molecule has 0 saturated carbocycles. The van der Waals surface area contributed by atoms with Crippen LogP contribution in [0.1, 0.15) is 24.2 Å². The van der Waals surface area contributed by atoms with Gasteiger partial charge in [0.2, 0.25) is 5.88 Å². The van der Waals surface area contributed by atoms with Crippen LogP contribution in [0.3, 0.4) is 0 Å². The number of pyridine rings is 1. The maximum Gasteiger partial charge on any atom is 0.212 e. The van der Waals surface area contributed by atoms with Gasteiger partial charge in [-0.2, -0.15) is 5.10 Å². The summed E-state index contributed by atoms with van der Waals surface area (Å²) in [5.41, 5.74) is 2.13. The highest BCUT2D eigenvalue weighted by molar-refractivity contribution is 5.80. The zero-order valence-corrected chi connectivity index (χ0v) is 15.6. The molecule has 1 aliphatic rings. The van der Waals surface area contributed by atoms with Crippen molar-refractivity contribution >= 4 is 5.96 Å². The number of nitrogens with one attached hydrogen (secondary N) is 1. The third kappa shape index (κ3) is 4.51. The molecule has 0 bridgehead atoms. The van der Waals surface area contributed by atoms with E-state index in [1.54, 1.807) is 18.0 Å². The molecule has 1 N–H and O–H groups in total. The second-order valence-electron chi connectivity index (χ2n) is 6.13. The van der Waals surface area contributed by atoms with Crippen LogP contribution >= 0.6 is 0 Å². The van der Waals surface area contributed by atoms with Crippen LogP contribution in [0.25, 0.3) is 0 Å². The van der Waals surface area contributed by atoms with Gasteiger partial charge < -0.3 is 19.7 Å². The fourth-order valence-electron chi connectivity index (χ4n) is 2.87. The third-order valence-corrected chi connectivity index (χ3v) is 4.22. The summed E-state index contributed by atoms with van der Waals surface area (Å²) in [5, 5.41) is 7.62. The summed E-state index contributed by atoms with van der Waals surface area (Å²) in [6, 6.07) is 3.83. The highest BCUT2D eigenvalue weighted by atomic mass is 16.5. The van der Waals surface area contributed by atoms with Crippen LogP contribution in [-0.4, -0.2) is 59.0 Å². The topological polar surface area (TPSA) is 76.8 Å². The molecule has 0 radical (unpaired) electrons. The minimum Gasteiger partial charge on any atom is -0.481 e. The molecule has 1 aliphatic heterocycles. The second-order valence-corrected chi connectivity index (χ2v) is 6.13. The Labute approximate surface area is 153 Å². The smallest absolute Gasteiger partial charge is 0.212 e. The first-order valence-electron chi connectivity index (χ1n) is 8.82. The van der Waals surface area contributed by atoms with E-state index in [0.29, 0.717) is 19.0 Å². The minimum absolute atomic E-state index is 0.00367. The van der Waals surface area contributed by atoms with Gasteiger partial charge in [-0.25, -0.2) is 9.98 Å². The molecule has 8 heteroatoms. The van der Waals surface area contributed by atoms with Gasteiger partial charge in [0.15, 0.2) is 5.96 Å². The number of rotatable bonds is 5. The van der Waals surface area contributed by atoms with Crippen LogP contribution in [0.15, 0.2) is 35.7 Å². The summed E-state index contributed by atoms with van der Waals surface area (Å²) in [6.45, 7) is 5.67. The molecule has 3 rings (SSSR count). The van der Waals surface area contributed by atoms with E-state index >= 15 is 0 Å². The zero-order valence-electron chi connectivity index (χ0n) is 15.6. The van der Waals surface area contributed by atoms with Gasteiger partial charge in [-0.05, 0) is 12.5 Å². The Kier molecular flexibility index (Phi) is 6.06. The van der Waals surface area contributed by atoms with Gasteiger partial charge in [0, 0.05) is 44.2 Å². The molecule has 1 fully saturated rings. The van der Waals surface area contributed by atoms with Crippen molar-refractivity contribution in [1.82, 2.24) is 25.0 Å². The SMILES string of the molecule is CCNC(=NCc1ccc(OC)nc1)N1CCOC(c2cnn(C)c2)C1. The summed E-state index contributed by atoms with van der Waals surface area (Å²) in [5.74, 6) is 1.50. The van der Waals surface area contributed by atoms with E-state index in [2.05, 4.69) is 27.2 Å². The van der Waals surface area contributed by atoms with E-state index < -0.39 is 0 Å². The van der Waals surface area contributed by atoms with E-state index in [4.69, 9.17) is 14.5 Å². The van der Waals surface area contributed by atoms with Crippen molar-refractivity contribution in [2.24, 2.45) is 12.0 Å². The number of aryl methyl sites for hydroxylation is 1. The van der Waals surface area contributed by atoms with Gasteiger partial charge in [0.1, 0.15) is 6.10 Å². The molecule has 0 amide bonds. The highest BCUT2D eigenvalue weighted by Crippen LogP contribution is 2.21. The predicted octanol–water partition coefficient (Wildman–Crippen LogP) is 1.36. The van der Waals surface area contributed by atoms with E-state index in [1.165, 1.54) is 0 Å². The van der Waals surface area contributed by atoms with Gasteiger partial charge in [-0.3, -0.25) is 4.68 Å². The number of aromatic nitrogens is 3. The Morgan fingerprint density at radius 3 is 2.96 bits per heavy atom. The Morgan fingerprint density at radius 1 is 1.42 bits per heavy atom. The van der Waals surface area contributed by atoms with Gasteiger partial charge in [0.25, 0.3) is 0 Å². The van der Waals surface area contributed by atoms with Crippen LogP contribution in [0.4, 0.5) is 0 Å². The largest absolute Gasteiger partial charge is 0.481 e. The van der Waals surface area contributed by atoms with Gasteiger partial charge in [-0.15, -0.1) is 0 Å². The Morgan fingerprint density at radius 2 is 2.31 bits per heavy atom. The van der Waals surface area contributed by atoms with Gasteiger partial charge in [-0.1, -0.05) is 6.07 Å². The lowest BCUT2D eigenvalue weighted by molar-refractivity contribution is -0.00805. The molecule has 1 unspecified atom stereocenters. The number of aliphatic imine (C=N–C) groups is 1. The number of ether oxygens (including phenoxy) is 2. The van der Waals surface area contributed by atoms with Crippen molar-refractivity contribution in [2.45, 2.75) is 19.6 Å². The maximum absolute atomic E-state index is 5.92. The fourth-order valence-corrected chi connectivity index (χ4v) is 2.87. The van der Waals surface area contributed by atoms with Crippen molar-refractivity contribution < 1.29 is 9.47 Å². The normalized spacial score (nSPS) is 18.0. The Hall–Kier alpha value is -2.61. The molecule has 0 aromatic carbocycles. The first kappa shape index (κ1) is 18.2. The lowest BCUT2D eigenvalue weighted by Gasteiger charge is -2.34. The average Bonchev–Trinajstić information content (AvgIpc) is 3.12. The maximum atomic E-state index is 5.92. The van der Waals surface area contributed by atoms with Crippen LogP contribution in [-0.2, 0) is 18.3 Å². The number of hydrogen-bond acceptors (Lipinski definition) is 5. The van der Waals surface area contributed by atoms with Crippen LogP contribution < -0.4 is 10.1 Å². The molecule has 1 saturated heterocycles. The zero-order chi connectivity index (χ0) is 18.4. The molecule has 26 heavy (non-hydrogen) atoms. The van der Waals surface area contributed by atoms with E-state index in [0.717, 1.165) is 36.7 Å². The van der Waals surface area contributed by atoms with Crippen LogP contribution in [0, 0.1) is 0 Å². The third-order valence-electron chi connectivity index (χ3n) is 4.22. The molecule has 2 aromatic rings. The summed E-state index contributed by atoms with van der Waals surface area (Å²) >= 11 is 0. The van der Waals surface area contributed by atoms with Crippen molar-refractivity contribution in [3.05, 3.63) is 41.9 Å². The second kappa shape index (κ2) is 8.66. The molecule has 8 nitrogen and oxygen atoms in total. The van der Waals surface area contributed by atoms with Gasteiger partial charge >= 0.3 is 0 Å². The lowest BCUT2D eigenvalue weighted by Crippen LogP contribution is -2.48. The van der Waals surface area contributed by atoms with E-state index in [1.807, 2.05) is 31.6 Å². The highest BCUT2D eigenvalue weighted by Gasteiger charge is 2.25. The lowest BCUT2D eigenvalue weighted by atomic mass is 10.1. The Balaban J connectivity index is 1.69. The first-order chi connectivity index (χ1) is 12.7. The van der Waals surface area contributed by atoms with Crippen LogP contribution in [0.2, 0.25) is 0 Å². The van der Waals surface area contributed by atoms with Crippen molar-refractivity contribution in [2.75, 3.05) is 33.4 Å². The molecule has 3 heterocycles. The number of morpholine rings is 1.